The number of nitrogens with zero attached hydrogens (tertiary/aromatic N) is 2. The molecule has 0 amide bonds. The number of hydrogen-bond acceptors (Lipinski definition) is 4. The Morgan fingerprint density at radius 3 is 2.88 bits per heavy atom. The van der Waals surface area contributed by atoms with Crippen molar-refractivity contribution in [3.63, 3.8) is 0 Å². The largest absolute Gasteiger partial charge is 0.460 e. The molecular formula is C20H28N2O2. The molecule has 2 heterocycles. The number of furan rings is 1. The summed E-state index contributed by atoms with van der Waals surface area (Å²) in [4.78, 5) is 4.93. The Hall–Kier alpha value is -1.62. The van der Waals surface area contributed by atoms with E-state index in [-0.39, 0.29) is 6.61 Å². The molecule has 4 heteroatoms. The Morgan fingerprint density at radius 1 is 1.29 bits per heavy atom. The van der Waals surface area contributed by atoms with Crippen LogP contribution in [0.3, 0.4) is 0 Å². The first-order valence-corrected chi connectivity index (χ1v) is 8.84. The van der Waals surface area contributed by atoms with Crippen LogP contribution >= 0.6 is 0 Å². The van der Waals surface area contributed by atoms with Gasteiger partial charge >= 0.3 is 0 Å². The maximum absolute atomic E-state index is 9.41. The van der Waals surface area contributed by atoms with Crippen molar-refractivity contribution in [3.8, 4) is 0 Å². The monoisotopic (exact) mass is 328 g/mol. The molecule has 24 heavy (non-hydrogen) atoms. The van der Waals surface area contributed by atoms with E-state index in [1.54, 1.807) is 0 Å². The molecule has 0 spiro atoms. The Labute approximate surface area is 144 Å². The van der Waals surface area contributed by atoms with Crippen LogP contribution in [0.2, 0.25) is 0 Å². The Kier molecular flexibility index (Phi) is 5.72. The summed E-state index contributed by atoms with van der Waals surface area (Å²) >= 11 is 0. The van der Waals surface area contributed by atoms with E-state index in [4.69, 9.17) is 4.42 Å². The normalized spacial score (nSPS) is 19.7. The van der Waals surface area contributed by atoms with Crippen LogP contribution in [0.4, 0.5) is 0 Å². The molecule has 0 unspecified atom stereocenters. The fourth-order valence-corrected chi connectivity index (χ4v) is 3.40. The van der Waals surface area contributed by atoms with Crippen molar-refractivity contribution in [3.05, 3.63) is 47.7 Å². The zero-order valence-corrected chi connectivity index (χ0v) is 14.7. The summed E-state index contributed by atoms with van der Waals surface area (Å²) < 4.78 is 5.96. The lowest BCUT2D eigenvalue weighted by Crippen LogP contribution is -2.53. The van der Waals surface area contributed by atoms with Gasteiger partial charge in [-0.1, -0.05) is 29.8 Å². The molecule has 0 aliphatic carbocycles. The number of aliphatic hydroxyl groups is 1. The minimum atomic E-state index is 0.245. The minimum Gasteiger partial charge on any atom is -0.460 e. The number of rotatable bonds is 6. The first-order chi connectivity index (χ1) is 11.7. The van der Waals surface area contributed by atoms with Crippen LogP contribution in [-0.2, 0) is 6.54 Å². The van der Waals surface area contributed by atoms with E-state index in [0.29, 0.717) is 6.04 Å². The zero-order valence-electron chi connectivity index (χ0n) is 14.7. The first kappa shape index (κ1) is 17.2. The van der Waals surface area contributed by atoms with Gasteiger partial charge in [0.15, 0.2) is 0 Å². The van der Waals surface area contributed by atoms with E-state index >= 15 is 0 Å². The predicted octanol–water partition coefficient (Wildman–Crippen LogP) is 3.27. The van der Waals surface area contributed by atoms with E-state index in [9.17, 15) is 5.11 Å². The lowest BCUT2D eigenvalue weighted by molar-refractivity contribution is 0.0604. The maximum atomic E-state index is 9.41. The van der Waals surface area contributed by atoms with Crippen molar-refractivity contribution >= 4 is 11.0 Å². The quantitative estimate of drug-likeness (QED) is 0.826. The van der Waals surface area contributed by atoms with Crippen molar-refractivity contribution in [2.24, 2.45) is 0 Å². The number of allylic oxidation sites excluding steroid dienone is 1. The van der Waals surface area contributed by atoms with Gasteiger partial charge in [-0.05, 0) is 32.4 Å². The van der Waals surface area contributed by atoms with E-state index in [1.165, 1.54) is 11.0 Å². The summed E-state index contributed by atoms with van der Waals surface area (Å²) in [5.41, 5.74) is 2.31. The molecule has 2 aromatic rings. The molecule has 0 radical (unpaired) electrons. The van der Waals surface area contributed by atoms with Gasteiger partial charge in [0.2, 0.25) is 0 Å². The van der Waals surface area contributed by atoms with Gasteiger partial charge in [-0.25, -0.2) is 0 Å². The fraction of sp³-hybridized carbons (Fsp3) is 0.500. The highest BCUT2D eigenvalue weighted by atomic mass is 16.3. The lowest BCUT2D eigenvalue weighted by atomic mass is 10.1. The third-order valence-corrected chi connectivity index (χ3v) is 4.74. The highest BCUT2D eigenvalue weighted by Gasteiger charge is 2.26. The topological polar surface area (TPSA) is 39.9 Å². The molecule has 0 bridgehead atoms. The van der Waals surface area contributed by atoms with E-state index in [0.717, 1.165) is 50.5 Å². The molecule has 1 aromatic carbocycles. The summed E-state index contributed by atoms with van der Waals surface area (Å²) in [5.74, 6) is 1.02. The summed E-state index contributed by atoms with van der Waals surface area (Å²) in [7, 11) is 0. The molecule has 1 aliphatic rings. The van der Waals surface area contributed by atoms with Crippen LogP contribution in [0.5, 0.6) is 0 Å². The molecule has 4 nitrogen and oxygen atoms in total. The Bertz CT molecular complexity index is 655. The highest BCUT2D eigenvalue weighted by molar-refractivity contribution is 5.77. The molecule has 130 valence electrons. The van der Waals surface area contributed by atoms with Crippen LogP contribution in [0.1, 0.15) is 26.0 Å². The van der Waals surface area contributed by atoms with Crippen LogP contribution in [0.15, 0.2) is 46.4 Å². The molecule has 1 saturated heterocycles. The number of piperazine rings is 1. The van der Waals surface area contributed by atoms with Crippen molar-refractivity contribution in [1.82, 2.24) is 9.80 Å². The second kappa shape index (κ2) is 7.97. The average Bonchev–Trinajstić information content (AvgIpc) is 2.96. The van der Waals surface area contributed by atoms with Gasteiger partial charge in [-0.2, -0.15) is 0 Å². The lowest BCUT2D eigenvalue weighted by Gasteiger charge is -2.40. The van der Waals surface area contributed by atoms with Gasteiger partial charge in [0.25, 0.3) is 0 Å². The summed E-state index contributed by atoms with van der Waals surface area (Å²) in [6.45, 7) is 9.39. The fourth-order valence-electron chi connectivity index (χ4n) is 3.40. The standard InChI is InChI=1S/C20H28N2O2/c1-16(2)7-9-22-11-10-21(14-18(22)8-12-23)15-19-13-17-5-3-4-6-20(17)24-19/h3-7,13,18,23H,8-12,14-15H2,1-2H3/t18-/m1/s1. The summed E-state index contributed by atoms with van der Waals surface area (Å²) in [6.07, 6.45) is 3.10. The smallest absolute Gasteiger partial charge is 0.134 e. The van der Waals surface area contributed by atoms with Gasteiger partial charge in [-0.15, -0.1) is 0 Å². The molecule has 3 rings (SSSR count). The van der Waals surface area contributed by atoms with Crippen molar-refractivity contribution < 1.29 is 9.52 Å². The average molecular weight is 328 g/mol. The second-order valence-electron chi connectivity index (χ2n) is 6.93. The third-order valence-electron chi connectivity index (χ3n) is 4.74. The first-order valence-electron chi connectivity index (χ1n) is 8.84. The van der Waals surface area contributed by atoms with Gasteiger partial charge in [0, 0.05) is 44.2 Å². The molecule has 0 saturated carbocycles. The van der Waals surface area contributed by atoms with Crippen LogP contribution in [0.25, 0.3) is 11.0 Å². The van der Waals surface area contributed by atoms with Crippen molar-refractivity contribution in [2.45, 2.75) is 32.9 Å². The van der Waals surface area contributed by atoms with E-state index < -0.39 is 0 Å². The van der Waals surface area contributed by atoms with E-state index in [1.807, 2.05) is 18.2 Å². The van der Waals surface area contributed by atoms with Crippen LogP contribution in [0, 0.1) is 0 Å². The number of aliphatic hydroxyl groups excluding tert-OH is 1. The number of benzene rings is 1. The minimum absolute atomic E-state index is 0.245. The highest BCUT2D eigenvalue weighted by Crippen LogP contribution is 2.22. The maximum Gasteiger partial charge on any atom is 0.134 e. The van der Waals surface area contributed by atoms with Crippen molar-refractivity contribution in [2.75, 3.05) is 32.8 Å². The van der Waals surface area contributed by atoms with Crippen LogP contribution in [-0.4, -0.2) is 53.7 Å². The van der Waals surface area contributed by atoms with E-state index in [2.05, 4.69) is 41.9 Å². The predicted molar refractivity (Wildman–Crippen MR) is 98.0 cm³/mol. The van der Waals surface area contributed by atoms with Gasteiger partial charge in [0.1, 0.15) is 11.3 Å². The third kappa shape index (κ3) is 4.26. The second-order valence-corrected chi connectivity index (χ2v) is 6.93. The molecule has 1 N–H and O–H groups in total. The molecular weight excluding hydrogens is 300 g/mol. The Morgan fingerprint density at radius 2 is 2.12 bits per heavy atom. The SMILES string of the molecule is CC(C)=CCN1CCN(Cc2cc3ccccc3o2)C[C@H]1CCO. The van der Waals surface area contributed by atoms with Crippen LogP contribution < -0.4 is 0 Å². The molecule has 1 aliphatic heterocycles. The van der Waals surface area contributed by atoms with Gasteiger partial charge in [0.05, 0.1) is 6.54 Å². The number of hydrogen-bond donors (Lipinski definition) is 1. The number of fused-ring (bicyclic) bond motifs is 1. The molecule has 1 fully saturated rings. The summed E-state index contributed by atoms with van der Waals surface area (Å²) in [6, 6.07) is 10.7. The Balaban J connectivity index is 1.64. The van der Waals surface area contributed by atoms with Gasteiger partial charge < -0.3 is 9.52 Å². The number of para-hydroxylation sites is 1. The molecule has 1 aromatic heterocycles. The molecule has 1 atom stereocenters. The van der Waals surface area contributed by atoms with Gasteiger partial charge in [-0.3, -0.25) is 9.80 Å². The zero-order chi connectivity index (χ0) is 16.9. The summed E-state index contributed by atoms with van der Waals surface area (Å²) in [5, 5.41) is 10.6. The van der Waals surface area contributed by atoms with Crippen molar-refractivity contribution in [1.29, 1.82) is 0 Å².